The molecule has 244 valence electrons. The summed E-state index contributed by atoms with van der Waals surface area (Å²) in [4.78, 5) is 32.1. The Morgan fingerprint density at radius 2 is 1.24 bits per heavy atom. The van der Waals surface area contributed by atoms with Crippen molar-refractivity contribution in [1.82, 2.24) is 9.80 Å². The zero-order valence-corrected chi connectivity index (χ0v) is 27.8. The van der Waals surface area contributed by atoms with Gasteiger partial charge in [0.2, 0.25) is 0 Å². The number of hydrogen-bond acceptors (Lipinski definition) is 6. The van der Waals surface area contributed by atoms with Gasteiger partial charge in [0.05, 0.1) is 30.2 Å². The van der Waals surface area contributed by atoms with Gasteiger partial charge in [0.15, 0.2) is 11.1 Å². The van der Waals surface area contributed by atoms with Gasteiger partial charge in [0, 0.05) is 6.92 Å². The smallest absolute Gasteiger partial charge is 0.353 e. The minimum absolute atomic E-state index is 0.0587. The molecule has 0 aliphatic carbocycles. The fourth-order valence-corrected chi connectivity index (χ4v) is 6.47. The van der Waals surface area contributed by atoms with Crippen LogP contribution in [-0.2, 0) is 47.2 Å². The van der Waals surface area contributed by atoms with Crippen molar-refractivity contribution >= 4 is 28.6 Å². The van der Waals surface area contributed by atoms with Crippen LogP contribution in [0, 0.1) is 0 Å². The van der Waals surface area contributed by atoms with E-state index < -0.39 is 22.5 Å². The number of carbonyl (C=O) groups is 2. The van der Waals surface area contributed by atoms with E-state index in [0.29, 0.717) is 31.0 Å². The second-order valence-electron chi connectivity index (χ2n) is 12.1. The zero-order chi connectivity index (χ0) is 33.3. The topological polar surface area (TPSA) is 122 Å². The van der Waals surface area contributed by atoms with Crippen LogP contribution in [0.3, 0.4) is 0 Å². The summed E-state index contributed by atoms with van der Waals surface area (Å²) in [6.07, 6.45) is 1.42. The summed E-state index contributed by atoms with van der Waals surface area (Å²) < 4.78 is 29.1. The lowest BCUT2D eigenvalue weighted by atomic mass is 10.0. The van der Waals surface area contributed by atoms with Gasteiger partial charge in [0.1, 0.15) is 18.1 Å². The highest BCUT2D eigenvalue weighted by Crippen LogP contribution is 2.30. The molecule has 3 unspecified atom stereocenters. The molecule has 2 saturated heterocycles. The average molecular weight is 647 g/mol. The van der Waals surface area contributed by atoms with Crippen molar-refractivity contribution < 1.29 is 32.2 Å². The number of rotatable bonds is 9. The van der Waals surface area contributed by atoms with Gasteiger partial charge in [-0.05, 0) is 63.8 Å². The summed E-state index contributed by atoms with van der Waals surface area (Å²) in [6, 6.07) is 28.7. The summed E-state index contributed by atoms with van der Waals surface area (Å²) in [5.74, 6) is -0.520. The second kappa shape index (κ2) is 15.5. The quantitative estimate of drug-likeness (QED) is 0.187. The molecule has 2 aliphatic heterocycles. The Morgan fingerprint density at radius 1 is 0.804 bits per heavy atom. The molecular weight excluding hydrogens is 604 g/mol. The van der Waals surface area contributed by atoms with Crippen LogP contribution in [0.2, 0.25) is 0 Å². The van der Waals surface area contributed by atoms with E-state index in [9.17, 15) is 13.8 Å². The molecule has 3 atom stereocenters. The number of carbonyl (C=O) groups excluding carboxylic acids is 2. The van der Waals surface area contributed by atoms with Crippen LogP contribution in [-0.4, -0.2) is 79.7 Å². The maximum Gasteiger partial charge on any atom is 0.353 e. The van der Waals surface area contributed by atoms with Gasteiger partial charge in [-0.1, -0.05) is 78.9 Å². The Balaban J connectivity index is 0.000000216. The Bertz CT molecular complexity index is 1550. The molecule has 0 N–H and O–H groups in total. The number of nitrogens with zero attached hydrogens (tertiary/aromatic N) is 4. The molecule has 0 radical (unpaired) electrons. The summed E-state index contributed by atoms with van der Waals surface area (Å²) in [5.41, 5.74) is 9.77. The van der Waals surface area contributed by atoms with E-state index in [1.807, 2.05) is 94.4 Å². The molecule has 11 heteroatoms. The van der Waals surface area contributed by atoms with Crippen molar-refractivity contribution in [2.45, 2.75) is 75.9 Å². The van der Waals surface area contributed by atoms with Gasteiger partial charge in [-0.3, -0.25) is 18.7 Å². The monoisotopic (exact) mass is 646 g/mol. The van der Waals surface area contributed by atoms with Gasteiger partial charge >= 0.3 is 11.6 Å². The number of hydrogen-bond donors (Lipinski definition) is 0. The SMILES string of the molecule is CC(=[N+]=[N-])C(=O)N1C(Cc2ccccc2)COC1(C)C.CC1(C)OCC(Cc2ccccc2)N1C(=O)COS(=O)c1ccccc1. The molecule has 0 saturated carbocycles. The maximum atomic E-state index is 12.8. The van der Waals surface area contributed by atoms with E-state index >= 15 is 0 Å². The molecule has 3 aromatic carbocycles. The minimum Gasteiger partial charge on any atom is -0.361 e. The van der Waals surface area contributed by atoms with E-state index in [1.165, 1.54) is 6.92 Å². The number of ether oxygens (including phenoxy) is 2. The predicted octanol–water partition coefficient (Wildman–Crippen LogP) is 4.82. The maximum absolute atomic E-state index is 12.8. The number of amides is 2. The summed E-state index contributed by atoms with van der Waals surface area (Å²) >= 11 is -1.67. The van der Waals surface area contributed by atoms with Crippen molar-refractivity contribution in [3.8, 4) is 0 Å². The third-order valence-corrected chi connectivity index (χ3v) is 8.94. The van der Waals surface area contributed by atoms with E-state index in [4.69, 9.17) is 19.2 Å². The van der Waals surface area contributed by atoms with Crippen LogP contribution in [0.1, 0.15) is 45.7 Å². The highest BCUT2D eigenvalue weighted by Gasteiger charge is 2.46. The molecule has 2 fully saturated rings. The van der Waals surface area contributed by atoms with Crippen LogP contribution >= 0.6 is 0 Å². The molecule has 46 heavy (non-hydrogen) atoms. The van der Waals surface area contributed by atoms with Crippen LogP contribution in [0.4, 0.5) is 0 Å². The summed E-state index contributed by atoms with van der Waals surface area (Å²) in [6.45, 7) is 9.62. The Morgan fingerprint density at radius 3 is 1.72 bits per heavy atom. The molecule has 2 heterocycles. The lowest BCUT2D eigenvalue weighted by Gasteiger charge is -2.33. The molecule has 10 nitrogen and oxygen atoms in total. The molecule has 0 spiro atoms. The largest absolute Gasteiger partial charge is 0.361 e. The van der Waals surface area contributed by atoms with Crippen molar-refractivity contribution in [2.24, 2.45) is 0 Å². The van der Waals surface area contributed by atoms with Crippen LogP contribution < -0.4 is 0 Å². The van der Waals surface area contributed by atoms with Gasteiger partial charge < -0.3 is 19.9 Å². The molecule has 5 rings (SSSR count). The first-order valence-corrected chi connectivity index (χ1v) is 16.3. The van der Waals surface area contributed by atoms with Crippen LogP contribution in [0.15, 0.2) is 95.9 Å². The Kier molecular flexibility index (Phi) is 11.8. The third kappa shape index (κ3) is 8.84. The van der Waals surface area contributed by atoms with E-state index in [1.54, 1.807) is 34.1 Å². The van der Waals surface area contributed by atoms with E-state index in [0.717, 1.165) is 11.1 Å². The van der Waals surface area contributed by atoms with Gasteiger partial charge in [-0.25, -0.2) is 4.21 Å². The molecule has 0 bridgehead atoms. The van der Waals surface area contributed by atoms with Crippen molar-refractivity contribution in [3.63, 3.8) is 0 Å². The fourth-order valence-electron chi connectivity index (χ4n) is 5.75. The predicted molar refractivity (Wildman–Crippen MR) is 175 cm³/mol. The van der Waals surface area contributed by atoms with Gasteiger partial charge in [0.25, 0.3) is 5.91 Å². The molecule has 3 aromatic rings. The first kappa shape index (κ1) is 34.9. The molecule has 0 aromatic heterocycles. The minimum atomic E-state index is -1.67. The lowest BCUT2D eigenvalue weighted by molar-refractivity contribution is -0.148. The lowest BCUT2D eigenvalue weighted by Crippen LogP contribution is -2.51. The average Bonchev–Trinajstić information content (AvgIpc) is 3.53. The molecular formula is C35H42N4O6S. The van der Waals surface area contributed by atoms with Crippen LogP contribution in [0.5, 0.6) is 0 Å². The Hall–Kier alpha value is -3.99. The molecule has 2 amide bonds. The van der Waals surface area contributed by atoms with Gasteiger partial charge in [-0.15, -0.1) is 0 Å². The highest BCUT2D eigenvalue weighted by molar-refractivity contribution is 7.80. The Labute approximate surface area is 273 Å². The standard InChI is InChI=1S/C20H23NO4S.C15H19N3O2/c1-20(2)21(17(14-24-20)13-16-9-5-3-6-10-16)19(22)15-25-26(23)18-11-7-4-8-12-18;1-11(17-16)14(19)18-13(10-20-15(18,2)3)9-12-7-5-4-6-8-12/h3-12,17H,13-15H2,1-2H3;4-8,13H,9-10H2,1-3H3. The third-order valence-electron chi connectivity index (χ3n) is 7.95. The highest BCUT2D eigenvalue weighted by atomic mass is 32.2. The first-order valence-electron chi connectivity index (χ1n) is 15.2. The van der Waals surface area contributed by atoms with Crippen molar-refractivity contribution in [3.05, 3.63) is 108 Å². The van der Waals surface area contributed by atoms with E-state index in [2.05, 4.69) is 4.79 Å². The van der Waals surface area contributed by atoms with Gasteiger partial charge in [-0.2, -0.15) is 4.79 Å². The van der Waals surface area contributed by atoms with Crippen molar-refractivity contribution in [2.75, 3.05) is 19.8 Å². The zero-order valence-electron chi connectivity index (χ0n) is 27.0. The fraction of sp³-hybridized carbons (Fsp3) is 0.400. The normalized spacial score (nSPS) is 20.3. The van der Waals surface area contributed by atoms with E-state index in [-0.39, 0.29) is 36.2 Å². The number of benzene rings is 3. The molecule has 2 aliphatic rings. The summed E-state index contributed by atoms with van der Waals surface area (Å²) in [7, 11) is 0. The van der Waals surface area contributed by atoms with Crippen molar-refractivity contribution in [1.29, 1.82) is 0 Å². The summed E-state index contributed by atoms with van der Waals surface area (Å²) in [5, 5.41) is 0. The van der Waals surface area contributed by atoms with Crippen LogP contribution in [0.25, 0.3) is 5.53 Å². The first-order chi connectivity index (χ1) is 21.9. The second-order valence-corrected chi connectivity index (χ2v) is 13.3.